The van der Waals surface area contributed by atoms with E-state index in [2.05, 4.69) is 35.0 Å². The Balaban J connectivity index is 1.43. The van der Waals surface area contributed by atoms with E-state index in [1.165, 1.54) is 17.3 Å². The zero-order valence-electron chi connectivity index (χ0n) is 23.0. The van der Waals surface area contributed by atoms with Crippen molar-refractivity contribution in [3.63, 3.8) is 0 Å². The Kier molecular flexibility index (Phi) is 9.11. The van der Waals surface area contributed by atoms with Crippen LogP contribution in [0.15, 0.2) is 105 Å². The van der Waals surface area contributed by atoms with Gasteiger partial charge in [0.15, 0.2) is 16.7 Å². The van der Waals surface area contributed by atoms with Crippen LogP contribution in [0.2, 0.25) is 0 Å². The Bertz CT molecular complexity index is 1590. The molecule has 0 unspecified atom stereocenters. The predicted octanol–water partition coefficient (Wildman–Crippen LogP) is 8.16. The van der Waals surface area contributed by atoms with Crippen molar-refractivity contribution in [2.45, 2.75) is 20.1 Å². The van der Waals surface area contributed by atoms with Crippen LogP contribution in [0.25, 0.3) is 6.08 Å². The van der Waals surface area contributed by atoms with E-state index in [1.807, 2.05) is 84.9 Å². The van der Waals surface area contributed by atoms with Gasteiger partial charge in [0.2, 0.25) is 0 Å². The summed E-state index contributed by atoms with van der Waals surface area (Å²) >= 11 is 5.02. The summed E-state index contributed by atoms with van der Waals surface area (Å²) in [5, 5.41) is 0.615. The van der Waals surface area contributed by atoms with E-state index in [-0.39, 0.29) is 5.91 Å². The molecule has 1 amide bonds. The summed E-state index contributed by atoms with van der Waals surface area (Å²) in [4.78, 5) is 20.8. The number of aryl methyl sites for hydroxylation is 1. The normalized spacial score (nSPS) is 15.0. The van der Waals surface area contributed by atoms with Gasteiger partial charge >= 0.3 is 0 Å². The summed E-state index contributed by atoms with van der Waals surface area (Å²) in [6.07, 6.45) is 1.86. The Morgan fingerprint density at radius 3 is 2.27 bits per heavy atom. The van der Waals surface area contributed by atoms with Gasteiger partial charge in [-0.15, -0.1) is 0 Å². The van der Waals surface area contributed by atoms with Crippen molar-refractivity contribution in [1.29, 1.82) is 0 Å². The summed E-state index contributed by atoms with van der Waals surface area (Å²) in [6.45, 7) is 2.85. The van der Waals surface area contributed by atoms with Gasteiger partial charge in [0.05, 0.1) is 31.4 Å². The number of methoxy groups -OCH3 is 2. The van der Waals surface area contributed by atoms with Gasteiger partial charge in [-0.2, -0.15) is 0 Å². The summed E-state index contributed by atoms with van der Waals surface area (Å²) in [7, 11) is 3.24. The SMILES string of the molecule is COc1ccc(CN2C(=O)/C(=C/c3cc(OC)c(OCc4ccc(C)cc4)cc3Br)SC2=Nc2ccccc2)cc1. The highest BCUT2D eigenvalue weighted by atomic mass is 79.9. The number of amides is 1. The van der Waals surface area contributed by atoms with Crippen LogP contribution in [-0.2, 0) is 17.9 Å². The molecule has 0 bridgehead atoms. The highest BCUT2D eigenvalue weighted by Crippen LogP contribution is 2.39. The van der Waals surface area contributed by atoms with E-state index in [0.717, 1.165) is 32.6 Å². The molecule has 0 aliphatic carbocycles. The zero-order valence-corrected chi connectivity index (χ0v) is 25.4. The van der Waals surface area contributed by atoms with Gasteiger partial charge in [-0.3, -0.25) is 9.69 Å². The fourth-order valence-electron chi connectivity index (χ4n) is 4.18. The Labute approximate surface area is 252 Å². The average molecular weight is 630 g/mol. The zero-order chi connectivity index (χ0) is 28.8. The first-order valence-corrected chi connectivity index (χ1v) is 14.6. The number of ether oxygens (including phenoxy) is 3. The summed E-state index contributed by atoms with van der Waals surface area (Å²) in [5.74, 6) is 1.83. The number of nitrogens with zero attached hydrogens (tertiary/aromatic N) is 2. The lowest BCUT2D eigenvalue weighted by molar-refractivity contribution is -0.122. The Morgan fingerprint density at radius 2 is 1.59 bits per heavy atom. The third kappa shape index (κ3) is 7.01. The molecule has 4 aromatic rings. The molecule has 1 aliphatic rings. The van der Waals surface area contributed by atoms with Crippen LogP contribution in [0.5, 0.6) is 17.2 Å². The highest BCUT2D eigenvalue weighted by Gasteiger charge is 2.33. The van der Waals surface area contributed by atoms with Gasteiger partial charge in [0.1, 0.15) is 12.4 Å². The molecule has 1 heterocycles. The first-order chi connectivity index (χ1) is 19.9. The number of rotatable bonds is 9. The van der Waals surface area contributed by atoms with Crippen LogP contribution in [-0.4, -0.2) is 30.2 Å². The maximum absolute atomic E-state index is 13.7. The first-order valence-electron chi connectivity index (χ1n) is 13.0. The van der Waals surface area contributed by atoms with Gasteiger partial charge in [0, 0.05) is 4.47 Å². The molecular weight excluding hydrogens is 600 g/mol. The standard InChI is InChI=1S/C33H29BrN2O4S/c1-22-9-11-24(12-10-22)21-40-30-19-28(34)25(17-29(30)39-3)18-31-32(37)36(20-23-13-15-27(38-2)16-14-23)33(41-31)35-26-7-5-4-6-8-26/h4-19H,20-21H2,1-3H3/b31-18-,35-33?. The number of carbonyl (C=O) groups is 1. The average Bonchev–Trinajstić information content (AvgIpc) is 3.27. The quantitative estimate of drug-likeness (QED) is 0.175. The number of para-hydroxylation sites is 1. The minimum Gasteiger partial charge on any atom is -0.497 e. The summed E-state index contributed by atoms with van der Waals surface area (Å²) < 4.78 is 17.8. The van der Waals surface area contributed by atoms with Crippen molar-refractivity contribution in [3.8, 4) is 17.2 Å². The molecule has 6 nitrogen and oxygen atoms in total. The molecule has 0 aromatic heterocycles. The van der Waals surface area contributed by atoms with E-state index in [1.54, 1.807) is 19.1 Å². The van der Waals surface area contributed by atoms with E-state index in [4.69, 9.17) is 19.2 Å². The van der Waals surface area contributed by atoms with Crippen LogP contribution >= 0.6 is 27.7 Å². The van der Waals surface area contributed by atoms with Crippen LogP contribution in [0, 0.1) is 6.92 Å². The van der Waals surface area contributed by atoms with Gasteiger partial charge in [-0.25, -0.2) is 4.99 Å². The van der Waals surface area contributed by atoms with Crippen LogP contribution < -0.4 is 14.2 Å². The van der Waals surface area contributed by atoms with Gasteiger partial charge < -0.3 is 14.2 Å². The van der Waals surface area contributed by atoms with Crippen molar-refractivity contribution in [1.82, 2.24) is 4.90 Å². The van der Waals surface area contributed by atoms with Crippen LogP contribution in [0.3, 0.4) is 0 Å². The number of amidine groups is 1. The lowest BCUT2D eigenvalue weighted by atomic mass is 10.1. The summed E-state index contributed by atoms with van der Waals surface area (Å²) in [6, 6.07) is 29.3. The molecule has 208 valence electrons. The third-order valence-corrected chi connectivity index (χ3v) is 8.15. The second-order valence-corrected chi connectivity index (χ2v) is 11.2. The number of halogens is 1. The lowest BCUT2D eigenvalue weighted by Gasteiger charge is -2.16. The van der Waals surface area contributed by atoms with Gasteiger partial charge in [0.25, 0.3) is 5.91 Å². The fraction of sp³-hybridized carbons (Fsp3) is 0.152. The van der Waals surface area contributed by atoms with Crippen LogP contribution in [0.4, 0.5) is 5.69 Å². The molecule has 41 heavy (non-hydrogen) atoms. The minimum absolute atomic E-state index is 0.119. The first kappa shape index (κ1) is 28.5. The molecule has 0 saturated carbocycles. The monoisotopic (exact) mass is 628 g/mol. The Morgan fingerprint density at radius 1 is 0.878 bits per heavy atom. The van der Waals surface area contributed by atoms with Crippen molar-refractivity contribution in [2.24, 2.45) is 4.99 Å². The Hall–Kier alpha value is -4.01. The molecule has 8 heteroatoms. The maximum Gasteiger partial charge on any atom is 0.267 e. The maximum atomic E-state index is 13.7. The predicted molar refractivity (Wildman–Crippen MR) is 169 cm³/mol. The van der Waals surface area contributed by atoms with Crippen molar-refractivity contribution < 1.29 is 19.0 Å². The van der Waals surface area contributed by atoms with Crippen LogP contribution in [0.1, 0.15) is 22.3 Å². The lowest BCUT2D eigenvalue weighted by Crippen LogP contribution is -2.28. The van der Waals surface area contributed by atoms with Gasteiger partial charge in [-0.1, -0.05) is 76.1 Å². The molecule has 1 aliphatic heterocycles. The number of benzene rings is 4. The van der Waals surface area contributed by atoms with E-state index in [0.29, 0.717) is 34.7 Å². The second-order valence-electron chi connectivity index (χ2n) is 9.38. The number of thioether (sulfide) groups is 1. The smallest absolute Gasteiger partial charge is 0.267 e. The third-order valence-electron chi connectivity index (χ3n) is 6.45. The largest absolute Gasteiger partial charge is 0.497 e. The van der Waals surface area contributed by atoms with Gasteiger partial charge in [-0.05, 0) is 77.9 Å². The molecule has 1 fully saturated rings. The molecule has 5 rings (SSSR count). The number of carbonyl (C=O) groups excluding carboxylic acids is 1. The fourth-order valence-corrected chi connectivity index (χ4v) is 5.60. The number of hydrogen-bond acceptors (Lipinski definition) is 6. The number of hydrogen-bond donors (Lipinski definition) is 0. The molecule has 0 N–H and O–H groups in total. The second kappa shape index (κ2) is 13.1. The van der Waals surface area contributed by atoms with E-state index >= 15 is 0 Å². The molecule has 0 radical (unpaired) electrons. The van der Waals surface area contributed by atoms with Crippen molar-refractivity contribution in [2.75, 3.05) is 14.2 Å². The topological polar surface area (TPSA) is 60.4 Å². The number of aliphatic imine (C=N–C) groups is 1. The van der Waals surface area contributed by atoms with Crippen molar-refractivity contribution >= 4 is 50.5 Å². The molecule has 1 saturated heterocycles. The highest BCUT2D eigenvalue weighted by molar-refractivity contribution is 9.10. The molecule has 0 atom stereocenters. The molecular formula is C33H29BrN2O4S. The molecule has 0 spiro atoms. The summed E-state index contributed by atoms with van der Waals surface area (Å²) in [5.41, 5.74) is 4.81. The van der Waals surface area contributed by atoms with E-state index in [9.17, 15) is 4.79 Å². The minimum atomic E-state index is -0.119. The van der Waals surface area contributed by atoms with E-state index < -0.39 is 0 Å². The molecule has 4 aromatic carbocycles. The van der Waals surface area contributed by atoms with Crippen molar-refractivity contribution in [3.05, 3.63) is 123 Å².